The molecule has 1 amide bonds. The van der Waals surface area contributed by atoms with Crippen LogP contribution in [0.2, 0.25) is 0 Å². The zero-order valence-electron chi connectivity index (χ0n) is 14.1. The predicted octanol–water partition coefficient (Wildman–Crippen LogP) is 3.00. The number of nitrogens with one attached hydrogen (secondary N) is 1. The number of carbonyl (C=O) groups is 1. The third-order valence-electron chi connectivity index (χ3n) is 4.45. The van der Waals surface area contributed by atoms with E-state index in [0.717, 1.165) is 21.9 Å². The van der Waals surface area contributed by atoms with E-state index < -0.39 is 6.17 Å². The van der Waals surface area contributed by atoms with E-state index in [-0.39, 0.29) is 11.9 Å². The van der Waals surface area contributed by atoms with E-state index in [1.807, 2.05) is 37.1 Å². The molecule has 0 spiro atoms. The first-order chi connectivity index (χ1) is 11.4. The van der Waals surface area contributed by atoms with Gasteiger partial charge in [-0.15, -0.1) is 11.3 Å². The van der Waals surface area contributed by atoms with Crippen molar-refractivity contribution >= 4 is 17.2 Å². The zero-order chi connectivity index (χ0) is 17.3. The predicted molar refractivity (Wildman–Crippen MR) is 91.1 cm³/mol. The molecule has 0 unspecified atom stereocenters. The minimum atomic E-state index is -0.882. The van der Waals surface area contributed by atoms with Crippen LogP contribution in [0.15, 0.2) is 15.9 Å². The van der Waals surface area contributed by atoms with Gasteiger partial charge in [-0.1, -0.05) is 0 Å². The van der Waals surface area contributed by atoms with Crippen LogP contribution in [0, 0.1) is 20.8 Å². The minimum Gasteiger partial charge on any atom is -0.444 e. The lowest BCUT2D eigenvalue weighted by Gasteiger charge is -2.22. The molecule has 0 saturated carbocycles. The Morgan fingerprint density at radius 1 is 1.50 bits per heavy atom. The maximum atomic E-state index is 13.9. The van der Waals surface area contributed by atoms with Crippen molar-refractivity contribution in [3.8, 4) is 0 Å². The highest BCUT2D eigenvalue weighted by molar-refractivity contribution is 7.12. The molecule has 1 aliphatic rings. The lowest BCUT2D eigenvalue weighted by molar-refractivity contribution is 0.0942. The quantitative estimate of drug-likeness (QED) is 0.900. The molecule has 0 bridgehead atoms. The highest BCUT2D eigenvalue weighted by Crippen LogP contribution is 2.23. The lowest BCUT2D eigenvalue weighted by atomic mass is 10.2. The van der Waals surface area contributed by atoms with Crippen molar-refractivity contribution in [2.45, 2.75) is 46.0 Å². The van der Waals surface area contributed by atoms with Gasteiger partial charge in [-0.3, -0.25) is 9.69 Å². The summed E-state index contributed by atoms with van der Waals surface area (Å²) in [5.41, 5.74) is 1.83. The van der Waals surface area contributed by atoms with Crippen LogP contribution >= 0.6 is 11.3 Å². The minimum absolute atomic E-state index is 0.0447. The number of nitrogens with zero attached hydrogens (tertiary/aromatic N) is 2. The molecule has 1 saturated heterocycles. The average molecular weight is 351 g/mol. The first-order valence-electron chi connectivity index (χ1n) is 8.07. The average Bonchev–Trinajstić information content (AvgIpc) is 3.18. The van der Waals surface area contributed by atoms with Gasteiger partial charge in [0.15, 0.2) is 0 Å². The maximum Gasteiger partial charge on any atom is 0.261 e. The van der Waals surface area contributed by atoms with E-state index in [2.05, 4.69) is 10.3 Å². The third kappa shape index (κ3) is 3.67. The first-order valence-corrected chi connectivity index (χ1v) is 8.95. The second kappa shape index (κ2) is 7.03. The number of alkyl halides is 1. The van der Waals surface area contributed by atoms with E-state index >= 15 is 0 Å². The Balaban J connectivity index is 1.61. The van der Waals surface area contributed by atoms with Crippen LogP contribution in [0.1, 0.15) is 39.0 Å². The number of carbonyl (C=O) groups excluding carboxylic acids is 1. The summed E-state index contributed by atoms with van der Waals surface area (Å²) in [6, 6.07) is 1.88. The summed E-state index contributed by atoms with van der Waals surface area (Å²) in [6.07, 6.45) is -0.463. The van der Waals surface area contributed by atoms with Gasteiger partial charge in [-0.25, -0.2) is 9.37 Å². The van der Waals surface area contributed by atoms with Crippen LogP contribution in [-0.4, -0.2) is 41.1 Å². The monoisotopic (exact) mass is 351 g/mol. The van der Waals surface area contributed by atoms with Crippen molar-refractivity contribution in [2.24, 2.45) is 0 Å². The normalized spacial score (nSPS) is 21.3. The molecule has 24 heavy (non-hydrogen) atoms. The van der Waals surface area contributed by atoms with Gasteiger partial charge >= 0.3 is 0 Å². The van der Waals surface area contributed by atoms with Crippen molar-refractivity contribution in [3.05, 3.63) is 39.2 Å². The fraction of sp³-hybridized carbons (Fsp3) is 0.529. The Labute approximate surface area is 144 Å². The summed E-state index contributed by atoms with van der Waals surface area (Å²) in [5.74, 6) is 1.30. The molecule has 2 atom stereocenters. The van der Waals surface area contributed by atoms with Crippen LogP contribution in [0.25, 0.3) is 0 Å². The van der Waals surface area contributed by atoms with E-state index in [4.69, 9.17) is 4.42 Å². The Kier molecular flexibility index (Phi) is 5.01. The molecule has 1 fully saturated rings. The molecule has 1 N–H and O–H groups in total. The number of hydrogen-bond acceptors (Lipinski definition) is 5. The van der Waals surface area contributed by atoms with Crippen LogP contribution in [0.3, 0.4) is 0 Å². The van der Waals surface area contributed by atoms with Gasteiger partial charge in [0.1, 0.15) is 11.9 Å². The number of hydrogen-bond donors (Lipinski definition) is 1. The topological polar surface area (TPSA) is 58.4 Å². The number of aromatic nitrogens is 1. The summed E-state index contributed by atoms with van der Waals surface area (Å²) >= 11 is 1.42. The van der Waals surface area contributed by atoms with Crippen LogP contribution in [0.4, 0.5) is 4.39 Å². The van der Waals surface area contributed by atoms with Gasteiger partial charge < -0.3 is 9.73 Å². The molecule has 130 valence electrons. The van der Waals surface area contributed by atoms with Crippen LogP contribution in [0.5, 0.6) is 0 Å². The summed E-state index contributed by atoms with van der Waals surface area (Å²) < 4.78 is 19.5. The molecular formula is C17H22FN3O2S. The first kappa shape index (κ1) is 17.1. The fourth-order valence-corrected chi connectivity index (χ4v) is 3.85. The summed E-state index contributed by atoms with van der Waals surface area (Å²) in [6.45, 7) is 6.92. The number of rotatable bonds is 5. The number of amides is 1. The largest absolute Gasteiger partial charge is 0.444 e. The Morgan fingerprint density at radius 2 is 2.29 bits per heavy atom. The highest BCUT2D eigenvalue weighted by Gasteiger charge is 2.33. The Morgan fingerprint density at radius 3 is 2.92 bits per heavy atom. The van der Waals surface area contributed by atoms with Gasteiger partial charge in [0.2, 0.25) is 5.89 Å². The Bertz CT molecular complexity index is 708. The van der Waals surface area contributed by atoms with Crippen molar-refractivity contribution < 1.29 is 13.6 Å². The molecule has 5 nitrogen and oxygen atoms in total. The van der Waals surface area contributed by atoms with E-state index in [1.165, 1.54) is 11.3 Å². The number of thiophene rings is 1. The molecule has 0 radical (unpaired) electrons. The number of aryl methyl sites for hydroxylation is 3. The van der Waals surface area contributed by atoms with Crippen molar-refractivity contribution in [1.29, 1.82) is 0 Å². The summed E-state index contributed by atoms with van der Waals surface area (Å²) in [5, 5.41) is 4.83. The van der Waals surface area contributed by atoms with Crippen molar-refractivity contribution in [1.82, 2.24) is 15.2 Å². The molecule has 1 aliphatic heterocycles. The molecule has 3 rings (SSSR count). The van der Waals surface area contributed by atoms with Gasteiger partial charge in [-0.2, -0.15) is 0 Å². The standard InChI is InChI=1S/C17H22FN3O2S/c1-10-4-5-24-16(10)17(22)19-7-14-6-13(18)8-21(14)9-15-20-11(2)12(3)23-15/h4-5,13-14H,6-9H2,1-3H3,(H,19,22)/t13-,14-/m0/s1. The highest BCUT2D eigenvalue weighted by atomic mass is 32.1. The number of likely N-dealkylation sites (tertiary alicyclic amines) is 1. The zero-order valence-corrected chi connectivity index (χ0v) is 15.0. The molecule has 2 aromatic rings. The van der Waals surface area contributed by atoms with Gasteiger partial charge in [-0.05, 0) is 44.2 Å². The van der Waals surface area contributed by atoms with Gasteiger partial charge in [0.05, 0.1) is 17.1 Å². The Hall–Kier alpha value is -1.73. The second-order valence-corrected chi connectivity index (χ2v) is 7.22. The molecule has 2 aromatic heterocycles. The third-order valence-corrected chi connectivity index (χ3v) is 5.47. The maximum absolute atomic E-state index is 13.9. The molecular weight excluding hydrogens is 329 g/mol. The second-order valence-electron chi connectivity index (χ2n) is 6.31. The smallest absolute Gasteiger partial charge is 0.261 e. The van der Waals surface area contributed by atoms with Gasteiger partial charge in [0, 0.05) is 19.1 Å². The van der Waals surface area contributed by atoms with Crippen LogP contribution < -0.4 is 5.32 Å². The molecule has 7 heteroatoms. The van der Waals surface area contributed by atoms with E-state index in [1.54, 1.807) is 0 Å². The van der Waals surface area contributed by atoms with E-state index in [9.17, 15) is 9.18 Å². The van der Waals surface area contributed by atoms with Crippen LogP contribution in [-0.2, 0) is 6.54 Å². The van der Waals surface area contributed by atoms with Crippen molar-refractivity contribution in [3.63, 3.8) is 0 Å². The van der Waals surface area contributed by atoms with Gasteiger partial charge in [0.25, 0.3) is 5.91 Å². The molecule has 0 aliphatic carbocycles. The fourth-order valence-electron chi connectivity index (χ4n) is 3.01. The van der Waals surface area contributed by atoms with E-state index in [0.29, 0.717) is 31.9 Å². The lowest BCUT2D eigenvalue weighted by Crippen LogP contribution is -2.39. The summed E-state index contributed by atoms with van der Waals surface area (Å²) in [7, 11) is 0. The number of halogens is 1. The van der Waals surface area contributed by atoms with Crippen molar-refractivity contribution in [2.75, 3.05) is 13.1 Å². The number of oxazole rings is 1. The SMILES string of the molecule is Cc1ccsc1C(=O)NC[C@@H]1C[C@H](F)CN1Cc1nc(C)c(C)o1. The summed E-state index contributed by atoms with van der Waals surface area (Å²) in [4.78, 5) is 19.3. The molecule has 3 heterocycles. The molecule has 0 aromatic carbocycles.